The van der Waals surface area contributed by atoms with Crippen LogP contribution in [-0.4, -0.2) is 160 Å². The summed E-state index contributed by atoms with van der Waals surface area (Å²) in [5.74, 6) is -15.2. The minimum atomic E-state index is -1.90. The number of hydrogen-bond acceptors (Lipinski definition) is 20. The number of thiol groups is 2. The molecule has 8 amide bonds. The largest absolute Gasteiger partial charge is 0.508 e. The number of carbonyl (C=O) groups excluding carboxylic acids is 10. The predicted octanol–water partition coefficient (Wildman–Crippen LogP) is -4.78. The number of aliphatic hydroxyl groups excluding tert-OH is 1. The zero-order valence-electron chi connectivity index (χ0n) is 37.5. The standard InChI is InChI=1S/C40H56N10O16S3/c1-18(51)30-36(62)43-14-26(53)44-21(6-4-5-11-41)32(58)45-22(12-19-7-9-20(52)10-8-19)33(59)46-23(13-28(55)56)34(60)47-24(16-67)31(57)42-15-27(54)48-37(69-50-25(17-68)35(61)49-30)29-38(63)65-40(2,3)66-39(29)64/h7-10,18,21-25,30,50-52,67-68H,4-6,11-17,41H2,1-3H3,(H,42,57)(H,43,62)(H,44,53)(H,45,58)(H,46,59)(H,47,60)(H,48,54)(H,49,61)(H,55,56)/t18-,21+,22?,23?,24+,25?,30+/m1/s1. The van der Waals surface area contributed by atoms with E-state index in [0.29, 0.717) is 23.9 Å². The van der Waals surface area contributed by atoms with Gasteiger partial charge in [-0.25, -0.2) is 14.3 Å². The van der Waals surface area contributed by atoms with Gasteiger partial charge in [-0.2, -0.15) is 25.3 Å². The lowest BCUT2D eigenvalue weighted by atomic mass is 10.0. The van der Waals surface area contributed by atoms with Crippen molar-refractivity contribution in [1.82, 2.24) is 47.3 Å². The second-order valence-electron chi connectivity index (χ2n) is 15.8. The molecular formula is C40H56N10O16S3. The molecule has 7 atom stereocenters. The molecular weight excluding hydrogens is 973 g/mol. The van der Waals surface area contributed by atoms with Gasteiger partial charge in [-0.1, -0.05) is 12.1 Å². The summed E-state index contributed by atoms with van der Waals surface area (Å²) in [6, 6.07) is -4.18. The fraction of sp³-hybridized carbons (Fsp3) is 0.525. The molecule has 0 spiro atoms. The topological polar surface area (TPSA) is 401 Å². The van der Waals surface area contributed by atoms with Gasteiger partial charge in [0, 0.05) is 31.8 Å². The molecule has 0 saturated carbocycles. The van der Waals surface area contributed by atoms with Gasteiger partial charge in [-0.15, -0.1) is 0 Å². The number of carbonyl (C=O) groups is 11. The molecule has 380 valence electrons. The van der Waals surface area contributed by atoms with Crippen LogP contribution in [0, 0.1) is 0 Å². The maximum absolute atomic E-state index is 14.0. The van der Waals surface area contributed by atoms with Crippen molar-refractivity contribution in [2.45, 2.75) is 101 Å². The van der Waals surface area contributed by atoms with Crippen LogP contribution in [0.4, 0.5) is 0 Å². The molecule has 69 heavy (non-hydrogen) atoms. The fourth-order valence-electron chi connectivity index (χ4n) is 6.16. The molecule has 2 fully saturated rings. The minimum absolute atomic E-state index is 0.0458. The number of unbranched alkanes of at least 4 members (excludes halogenated alkanes) is 1. The summed E-state index contributed by atoms with van der Waals surface area (Å²) in [6.07, 6.45) is -2.31. The van der Waals surface area contributed by atoms with Crippen molar-refractivity contribution >= 4 is 102 Å². The van der Waals surface area contributed by atoms with Crippen LogP contribution < -0.4 is 53.0 Å². The summed E-state index contributed by atoms with van der Waals surface area (Å²) in [6.45, 7) is 2.14. The van der Waals surface area contributed by atoms with Crippen molar-refractivity contribution < 1.29 is 77.5 Å². The Hall–Kier alpha value is -6.14. The van der Waals surface area contributed by atoms with Gasteiger partial charge in [0.15, 0.2) is 5.57 Å². The number of amides is 8. The van der Waals surface area contributed by atoms with Crippen molar-refractivity contribution in [3.05, 3.63) is 40.4 Å². The Labute approximate surface area is 409 Å². The zero-order chi connectivity index (χ0) is 51.6. The lowest BCUT2D eigenvalue weighted by Crippen LogP contribution is -2.60. The molecule has 26 nitrogen and oxygen atoms in total. The maximum atomic E-state index is 14.0. The first-order valence-electron chi connectivity index (χ1n) is 21.1. The number of nitrogens with one attached hydrogen (secondary N) is 9. The number of hydrogen-bond donors (Lipinski definition) is 15. The first kappa shape index (κ1) is 57.2. The second kappa shape index (κ2) is 27.2. The molecule has 0 radical (unpaired) electrons. The number of nitrogens with two attached hydrogens (primary N) is 1. The highest BCUT2D eigenvalue weighted by Crippen LogP contribution is 2.27. The SMILES string of the molecule is C[C@@H](O)[C@@H]1NC(=O)C(CS)NSC(=C2C(=O)OC(C)(C)OC2=O)NC(=O)CNC(=O)[C@H](CS)NC(=O)C(CC(=O)O)NC(=O)C(Cc2ccc(O)cc2)NC(=O)[C@H](CCCCN)NC(=O)CNC1=O. The molecule has 0 aliphatic carbocycles. The van der Waals surface area contributed by atoms with Gasteiger partial charge in [-0.3, -0.25) is 43.2 Å². The van der Waals surface area contributed by atoms with Gasteiger partial charge in [-0.05, 0) is 62.4 Å². The molecule has 1 aromatic rings. The lowest BCUT2D eigenvalue weighted by molar-refractivity contribution is -0.222. The van der Waals surface area contributed by atoms with E-state index in [1.807, 2.05) is 0 Å². The molecule has 3 rings (SSSR count). The first-order chi connectivity index (χ1) is 32.5. The Bertz CT molecular complexity index is 2120. The summed E-state index contributed by atoms with van der Waals surface area (Å²) >= 11 is 8.57. The summed E-state index contributed by atoms with van der Waals surface area (Å²) in [4.78, 5) is 146. The molecule has 2 heterocycles. The van der Waals surface area contributed by atoms with E-state index >= 15 is 0 Å². The average Bonchev–Trinajstić information content (AvgIpc) is 3.26. The van der Waals surface area contributed by atoms with Gasteiger partial charge in [0.1, 0.15) is 47.0 Å². The number of rotatable bonds is 11. The van der Waals surface area contributed by atoms with Crippen molar-refractivity contribution in [3.8, 4) is 5.75 Å². The number of carboxylic acid groups (broad SMARTS) is 1. The van der Waals surface area contributed by atoms with Crippen LogP contribution in [0.3, 0.4) is 0 Å². The normalized spacial score (nSPS) is 24.9. The van der Waals surface area contributed by atoms with E-state index in [9.17, 15) is 68.1 Å². The van der Waals surface area contributed by atoms with Crippen LogP contribution >= 0.6 is 37.2 Å². The van der Waals surface area contributed by atoms with Crippen LogP contribution in [0.15, 0.2) is 34.9 Å². The Balaban J connectivity index is 2.09. The highest BCUT2D eigenvalue weighted by Gasteiger charge is 2.42. The number of aliphatic hydroxyl groups is 1. The Morgan fingerprint density at radius 1 is 0.739 bits per heavy atom. The van der Waals surface area contributed by atoms with Crippen LogP contribution in [0.2, 0.25) is 0 Å². The van der Waals surface area contributed by atoms with E-state index in [0.717, 1.165) is 6.92 Å². The molecule has 14 N–H and O–H groups in total. The molecule has 0 bridgehead atoms. The van der Waals surface area contributed by atoms with Crippen LogP contribution in [0.5, 0.6) is 5.75 Å². The molecule has 0 aromatic heterocycles. The lowest BCUT2D eigenvalue weighted by Gasteiger charge is -2.31. The highest BCUT2D eigenvalue weighted by molar-refractivity contribution is 8.01. The van der Waals surface area contributed by atoms with Crippen molar-refractivity contribution in [1.29, 1.82) is 0 Å². The molecule has 2 saturated heterocycles. The van der Waals surface area contributed by atoms with E-state index in [1.165, 1.54) is 38.1 Å². The molecule has 29 heteroatoms. The molecule has 3 unspecified atom stereocenters. The minimum Gasteiger partial charge on any atom is -0.508 e. The van der Waals surface area contributed by atoms with E-state index in [-0.39, 0.29) is 37.3 Å². The third kappa shape index (κ3) is 18.4. The smallest absolute Gasteiger partial charge is 0.351 e. The number of ether oxygens (including phenoxy) is 2. The van der Waals surface area contributed by atoms with Crippen LogP contribution in [-0.2, 0) is 68.6 Å². The van der Waals surface area contributed by atoms with Gasteiger partial charge in [0.05, 0.1) is 25.6 Å². The Morgan fingerprint density at radius 2 is 1.28 bits per heavy atom. The van der Waals surface area contributed by atoms with Crippen molar-refractivity contribution in [2.24, 2.45) is 5.73 Å². The average molecular weight is 1030 g/mol. The second-order valence-corrected chi connectivity index (χ2v) is 17.4. The van der Waals surface area contributed by atoms with E-state index in [4.69, 9.17) is 15.2 Å². The van der Waals surface area contributed by atoms with Gasteiger partial charge in [0.2, 0.25) is 47.3 Å². The van der Waals surface area contributed by atoms with E-state index in [2.05, 4.69) is 72.5 Å². The number of phenols is 1. The number of cyclic esters (lactones) is 2. The number of phenolic OH excluding ortho intramolecular Hbond substituents is 1. The number of esters is 2. The van der Waals surface area contributed by atoms with Gasteiger partial charge >= 0.3 is 17.9 Å². The molecule has 2 aliphatic heterocycles. The quantitative estimate of drug-likeness (QED) is 0.0247. The Morgan fingerprint density at radius 3 is 1.86 bits per heavy atom. The monoisotopic (exact) mass is 1030 g/mol. The Kier molecular flexibility index (Phi) is 22.5. The third-order valence-electron chi connectivity index (χ3n) is 9.71. The summed E-state index contributed by atoms with van der Waals surface area (Å²) < 4.78 is 12.9. The zero-order valence-corrected chi connectivity index (χ0v) is 40.1. The number of benzene rings is 1. The van der Waals surface area contributed by atoms with Gasteiger partial charge in [0.25, 0.3) is 5.79 Å². The number of carboxylic acids is 1. The predicted molar refractivity (Wildman–Crippen MR) is 248 cm³/mol. The van der Waals surface area contributed by atoms with Crippen LogP contribution in [0.1, 0.15) is 52.0 Å². The summed E-state index contributed by atoms with van der Waals surface area (Å²) in [5.41, 5.74) is 5.16. The van der Waals surface area contributed by atoms with E-state index < -0.39 is 149 Å². The summed E-state index contributed by atoms with van der Waals surface area (Å²) in [7, 11) is 0. The number of aromatic hydroxyl groups is 1. The van der Waals surface area contributed by atoms with Crippen molar-refractivity contribution in [2.75, 3.05) is 31.1 Å². The number of aliphatic carboxylic acids is 1. The third-order valence-corrected chi connectivity index (χ3v) is 11.4. The van der Waals surface area contributed by atoms with Crippen LogP contribution in [0.25, 0.3) is 0 Å². The first-order valence-corrected chi connectivity index (χ1v) is 23.2. The van der Waals surface area contributed by atoms with E-state index in [1.54, 1.807) is 0 Å². The molecule has 1 aromatic carbocycles. The van der Waals surface area contributed by atoms with Gasteiger partial charge < -0.3 is 73.1 Å². The maximum Gasteiger partial charge on any atom is 0.351 e. The summed E-state index contributed by atoms with van der Waals surface area (Å²) in [5, 5.41) is 48.0. The highest BCUT2D eigenvalue weighted by atomic mass is 32.2. The van der Waals surface area contributed by atoms with Crippen molar-refractivity contribution in [3.63, 3.8) is 0 Å². The fourth-order valence-corrected chi connectivity index (χ4v) is 7.68. The molecule has 2 aliphatic rings.